The Kier molecular flexibility index (Phi) is 17.2. The van der Waals surface area contributed by atoms with Crippen molar-refractivity contribution in [1.82, 2.24) is 0 Å². The van der Waals surface area contributed by atoms with Gasteiger partial charge in [0, 0.05) is 39.5 Å². The zero-order valence-electron chi connectivity index (χ0n) is 47.7. The van der Waals surface area contributed by atoms with Gasteiger partial charge in [-0.1, -0.05) is 232 Å². The van der Waals surface area contributed by atoms with Gasteiger partial charge in [-0.3, -0.25) is 0 Å². The van der Waals surface area contributed by atoms with Crippen LogP contribution < -0.4 is 9.80 Å². The average Bonchev–Trinajstić information content (AvgIpc) is 3.93. The van der Waals surface area contributed by atoms with Crippen LogP contribution in [0.3, 0.4) is 0 Å². The highest BCUT2D eigenvalue weighted by atomic mass is 15.1. The summed E-state index contributed by atoms with van der Waals surface area (Å²) in [6.07, 6.45) is 15.0. The molecule has 0 N–H and O–H groups in total. The molecule has 2 atom stereocenters. The lowest BCUT2D eigenvalue weighted by molar-refractivity contribution is 0.401. The van der Waals surface area contributed by atoms with Crippen molar-refractivity contribution in [2.24, 2.45) is 0 Å². The average molecular weight is 1020 g/mol. The molecule has 0 aliphatic heterocycles. The second-order valence-corrected chi connectivity index (χ2v) is 22.5. The Balaban J connectivity index is 0.956. The lowest BCUT2D eigenvalue weighted by Gasteiger charge is -2.33. The molecule has 10 rings (SSSR count). The SMILES string of the molecule is CCCCCCC1(CCCCCC)c2cc(C)ccc2-c2ccc(-c3ccc(N(c4ccc(-c5ccc(N(c6ccc(-c7ccccc7)cc6)c6ccc(C(C)CC)cc6)cc5)cc4)c4ccc(C(C)CC)cc4)cc3)cc21. The first kappa shape index (κ1) is 54.0. The van der Waals surface area contributed by atoms with E-state index in [4.69, 9.17) is 0 Å². The second kappa shape index (κ2) is 24.9. The molecule has 9 aromatic rings. The van der Waals surface area contributed by atoms with Crippen LogP contribution >= 0.6 is 0 Å². The maximum Gasteiger partial charge on any atom is 0.0462 e. The summed E-state index contributed by atoms with van der Waals surface area (Å²) < 4.78 is 0. The molecule has 0 saturated carbocycles. The van der Waals surface area contributed by atoms with Gasteiger partial charge in [0.05, 0.1) is 0 Å². The number of unbranched alkanes of at least 4 members (excludes halogenated alkanes) is 6. The number of aryl methyl sites for hydroxylation is 1. The summed E-state index contributed by atoms with van der Waals surface area (Å²) in [5, 5.41) is 0. The normalized spacial score (nSPS) is 13.2. The second-order valence-electron chi connectivity index (χ2n) is 22.5. The van der Waals surface area contributed by atoms with Crippen molar-refractivity contribution in [2.75, 3.05) is 9.80 Å². The predicted octanol–water partition coefficient (Wildman–Crippen LogP) is 23.2. The highest BCUT2D eigenvalue weighted by Gasteiger charge is 2.42. The number of fused-ring (bicyclic) bond motifs is 3. The highest BCUT2D eigenvalue weighted by Crippen LogP contribution is 2.55. The molecule has 396 valence electrons. The quantitative estimate of drug-likeness (QED) is 0.0589. The molecule has 0 radical (unpaired) electrons. The fraction of sp³-hybridized carbons (Fsp3) is 0.289. The van der Waals surface area contributed by atoms with E-state index in [-0.39, 0.29) is 5.41 Å². The van der Waals surface area contributed by atoms with E-state index in [1.54, 1.807) is 11.1 Å². The molecule has 1 aliphatic carbocycles. The topological polar surface area (TPSA) is 6.48 Å². The van der Waals surface area contributed by atoms with Gasteiger partial charge in [-0.2, -0.15) is 0 Å². The molecule has 78 heavy (non-hydrogen) atoms. The van der Waals surface area contributed by atoms with E-state index in [0.717, 1.165) is 47.0 Å². The highest BCUT2D eigenvalue weighted by molar-refractivity contribution is 5.86. The predicted molar refractivity (Wildman–Crippen MR) is 338 cm³/mol. The molecule has 0 fully saturated rings. The van der Waals surface area contributed by atoms with Crippen LogP contribution in [0.25, 0.3) is 44.5 Å². The third-order valence-corrected chi connectivity index (χ3v) is 17.4. The third kappa shape index (κ3) is 11.6. The van der Waals surface area contributed by atoms with Gasteiger partial charge in [0.15, 0.2) is 0 Å². The maximum absolute atomic E-state index is 2.59. The minimum Gasteiger partial charge on any atom is -0.311 e. The van der Waals surface area contributed by atoms with Crippen LogP contribution in [0.15, 0.2) is 212 Å². The Morgan fingerprint density at radius 3 is 1.05 bits per heavy atom. The summed E-state index contributed by atoms with van der Waals surface area (Å²) in [6.45, 7) is 16.1. The van der Waals surface area contributed by atoms with Gasteiger partial charge in [0.25, 0.3) is 0 Å². The zero-order valence-corrected chi connectivity index (χ0v) is 47.7. The van der Waals surface area contributed by atoms with E-state index in [1.165, 1.54) is 125 Å². The van der Waals surface area contributed by atoms with E-state index in [9.17, 15) is 0 Å². The van der Waals surface area contributed by atoms with Gasteiger partial charge in [-0.15, -0.1) is 0 Å². The number of hydrogen-bond acceptors (Lipinski definition) is 2. The van der Waals surface area contributed by atoms with Gasteiger partial charge in [0.2, 0.25) is 0 Å². The van der Waals surface area contributed by atoms with Crippen molar-refractivity contribution in [3.8, 4) is 44.5 Å². The largest absolute Gasteiger partial charge is 0.311 e. The van der Waals surface area contributed by atoms with Crippen LogP contribution in [-0.2, 0) is 5.41 Å². The number of benzene rings is 9. The first-order chi connectivity index (χ1) is 38.2. The minimum absolute atomic E-state index is 0.0521. The van der Waals surface area contributed by atoms with Crippen molar-refractivity contribution >= 4 is 34.1 Å². The lowest BCUT2D eigenvalue weighted by atomic mass is 9.70. The van der Waals surface area contributed by atoms with Gasteiger partial charge in [-0.05, 0) is 190 Å². The molecule has 0 heterocycles. The van der Waals surface area contributed by atoms with Crippen molar-refractivity contribution in [3.63, 3.8) is 0 Å². The van der Waals surface area contributed by atoms with Crippen LogP contribution in [0.1, 0.15) is 158 Å². The number of hydrogen-bond donors (Lipinski definition) is 0. The van der Waals surface area contributed by atoms with E-state index in [0.29, 0.717) is 11.8 Å². The molecule has 0 aromatic heterocycles. The molecule has 0 saturated heterocycles. The smallest absolute Gasteiger partial charge is 0.0462 e. The van der Waals surface area contributed by atoms with Crippen LogP contribution in [0.5, 0.6) is 0 Å². The zero-order chi connectivity index (χ0) is 54.0. The van der Waals surface area contributed by atoms with Gasteiger partial charge in [-0.25, -0.2) is 0 Å². The maximum atomic E-state index is 2.59. The van der Waals surface area contributed by atoms with Crippen molar-refractivity contribution in [3.05, 3.63) is 240 Å². The van der Waals surface area contributed by atoms with Crippen LogP contribution in [0, 0.1) is 6.92 Å². The summed E-state index contributed by atoms with van der Waals surface area (Å²) in [7, 11) is 0. The molecular weight excluding hydrogens is 941 g/mol. The fourth-order valence-electron chi connectivity index (χ4n) is 12.3. The van der Waals surface area contributed by atoms with Crippen LogP contribution in [0.4, 0.5) is 34.1 Å². The van der Waals surface area contributed by atoms with Crippen molar-refractivity contribution in [2.45, 2.75) is 143 Å². The Labute approximate surface area is 468 Å². The fourth-order valence-corrected chi connectivity index (χ4v) is 12.3. The Morgan fingerprint density at radius 2 is 0.667 bits per heavy atom. The Bertz CT molecular complexity index is 3320. The molecule has 2 nitrogen and oxygen atoms in total. The van der Waals surface area contributed by atoms with Crippen LogP contribution in [-0.4, -0.2) is 0 Å². The minimum atomic E-state index is 0.0521. The first-order valence-electron chi connectivity index (χ1n) is 29.7. The summed E-state index contributed by atoms with van der Waals surface area (Å²) in [4.78, 5) is 4.80. The molecular formula is C76H82N2. The van der Waals surface area contributed by atoms with E-state index >= 15 is 0 Å². The van der Waals surface area contributed by atoms with Gasteiger partial charge < -0.3 is 9.80 Å². The van der Waals surface area contributed by atoms with Crippen molar-refractivity contribution in [1.29, 1.82) is 0 Å². The Hall–Kier alpha value is -7.42. The Morgan fingerprint density at radius 1 is 0.333 bits per heavy atom. The molecule has 9 aromatic carbocycles. The van der Waals surface area contributed by atoms with E-state index in [1.807, 2.05) is 0 Å². The molecule has 0 amide bonds. The standard InChI is InChI=1S/C76H82N2/c1-8-12-14-19-51-76(52-20-15-13-9-2)74-53-55(5)23-49-72(74)73-50-36-65(54-75(73)76)64-34-47-71(48-35-64)78(67-39-26-59(27-40-67)57(7)11-4)70-45-32-63(33-46-70)62-30-43-69(44-31-62)77(66-37-24-58(25-38-66)56(6)10-3)68-41-28-61(29-42-68)60-21-17-16-18-22-60/h16-18,21-50,53-54,56-57H,8-15,19-20,51-52H2,1-7H3. The molecule has 0 bridgehead atoms. The van der Waals surface area contributed by atoms with E-state index < -0.39 is 0 Å². The lowest BCUT2D eigenvalue weighted by Crippen LogP contribution is -2.25. The number of nitrogens with zero attached hydrogens (tertiary/aromatic N) is 2. The molecule has 2 heteroatoms. The molecule has 1 aliphatic rings. The van der Waals surface area contributed by atoms with Gasteiger partial charge in [0.1, 0.15) is 0 Å². The summed E-state index contributed by atoms with van der Waals surface area (Å²) in [5.41, 5.74) is 24.4. The molecule has 0 spiro atoms. The monoisotopic (exact) mass is 1020 g/mol. The third-order valence-electron chi connectivity index (χ3n) is 17.4. The van der Waals surface area contributed by atoms with Crippen LogP contribution in [0.2, 0.25) is 0 Å². The number of rotatable bonds is 23. The summed E-state index contributed by atoms with van der Waals surface area (Å²) >= 11 is 0. The van der Waals surface area contributed by atoms with Gasteiger partial charge >= 0.3 is 0 Å². The van der Waals surface area contributed by atoms with Crippen molar-refractivity contribution < 1.29 is 0 Å². The number of anilines is 6. The van der Waals surface area contributed by atoms with E-state index in [2.05, 4.69) is 271 Å². The summed E-state index contributed by atoms with van der Waals surface area (Å²) in [6, 6.07) is 80.3. The first-order valence-corrected chi connectivity index (χ1v) is 29.7. The summed E-state index contributed by atoms with van der Waals surface area (Å²) in [5.74, 6) is 1.03. The molecule has 2 unspecified atom stereocenters.